The molecule has 0 unspecified atom stereocenters. The molecular weight excluding hydrogens is 262 g/mol. The summed E-state index contributed by atoms with van der Waals surface area (Å²) in [5, 5.41) is 11.0. The monoisotopic (exact) mass is 273 g/mol. The quantitative estimate of drug-likeness (QED) is 0.848. The molecule has 0 saturated carbocycles. The van der Waals surface area contributed by atoms with E-state index in [1.165, 1.54) is 36.7 Å². The van der Waals surface area contributed by atoms with Crippen molar-refractivity contribution in [2.24, 2.45) is 0 Å². The van der Waals surface area contributed by atoms with Crippen LogP contribution in [0.5, 0.6) is 5.75 Å². The Kier molecular flexibility index (Phi) is 4.23. The third-order valence-corrected chi connectivity index (χ3v) is 2.27. The van der Waals surface area contributed by atoms with Crippen LogP contribution >= 0.6 is 0 Å². The van der Waals surface area contributed by atoms with Crippen LogP contribution in [0.1, 0.15) is 10.4 Å². The highest BCUT2D eigenvalue weighted by Gasteiger charge is 2.07. The van der Waals surface area contributed by atoms with E-state index < -0.39 is 12.6 Å². The van der Waals surface area contributed by atoms with Gasteiger partial charge in [-0.05, 0) is 30.3 Å². The molecule has 7 heteroatoms. The fourth-order valence-electron chi connectivity index (χ4n) is 1.38. The first-order valence-electron chi connectivity index (χ1n) is 5.68. The molecule has 20 heavy (non-hydrogen) atoms. The summed E-state index contributed by atoms with van der Waals surface area (Å²) in [6.45, 7) is -0.427. The Morgan fingerprint density at radius 2 is 1.80 bits per heavy atom. The van der Waals surface area contributed by atoms with E-state index in [-0.39, 0.29) is 11.9 Å². The van der Waals surface area contributed by atoms with Gasteiger partial charge in [-0.1, -0.05) is 0 Å². The minimum absolute atomic E-state index is 0.212. The van der Waals surface area contributed by atoms with Gasteiger partial charge in [-0.15, -0.1) is 0 Å². The van der Waals surface area contributed by atoms with Crippen LogP contribution in [-0.4, -0.2) is 33.6 Å². The smallest absolute Gasteiger partial charge is 0.341 e. The van der Waals surface area contributed by atoms with Crippen molar-refractivity contribution in [3.63, 3.8) is 0 Å². The van der Waals surface area contributed by atoms with Crippen LogP contribution in [0.3, 0.4) is 0 Å². The van der Waals surface area contributed by atoms with Crippen molar-refractivity contribution in [2.75, 3.05) is 11.9 Å². The van der Waals surface area contributed by atoms with Crippen LogP contribution < -0.4 is 10.1 Å². The minimum Gasteiger partial charge on any atom is -0.482 e. The van der Waals surface area contributed by atoms with E-state index in [1.807, 2.05) is 0 Å². The van der Waals surface area contributed by atoms with Gasteiger partial charge in [-0.25, -0.2) is 14.8 Å². The second-order valence-corrected chi connectivity index (χ2v) is 3.73. The maximum Gasteiger partial charge on any atom is 0.341 e. The van der Waals surface area contributed by atoms with Crippen LogP contribution in [0.15, 0.2) is 42.7 Å². The summed E-state index contributed by atoms with van der Waals surface area (Å²) in [4.78, 5) is 30.0. The topological polar surface area (TPSA) is 101 Å². The number of aromatic nitrogens is 2. The zero-order chi connectivity index (χ0) is 14.4. The summed E-state index contributed by atoms with van der Waals surface area (Å²) in [6.07, 6.45) is 3.04. The van der Waals surface area contributed by atoms with Crippen molar-refractivity contribution in [2.45, 2.75) is 0 Å². The molecule has 0 aliphatic carbocycles. The average Bonchev–Trinajstić information content (AvgIpc) is 2.46. The molecule has 1 heterocycles. The van der Waals surface area contributed by atoms with Gasteiger partial charge in [0.05, 0.1) is 0 Å². The third kappa shape index (κ3) is 3.77. The summed E-state index contributed by atoms with van der Waals surface area (Å²) in [5.41, 5.74) is 0.389. The number of amides is 1. The van der Waals surface area contributed by atoms with Crippen LogP contribution in [0.4, 0.5) is 5.95 Å². The first-order valence-corrected chi connectivity index (χ1v) is 5.68. The predicted molar refractivity (Wildman–Crippen MR) is 69.6 cm³/mol. The fraction of sp³-hybridized carbons (Fsp3) is 0.0769. The highest BCUT2D eigenvalue weighted by molar-refractivity contribution is 6.03. The molecule has 0 atom stereocenters. The molecule has 0 spiro atoms. The lowest BCUT2D eigenvalue weighted by molar-refractivity contribution is -0.139. The van der Waals surface area contributed by atoms with Crippen LogP contribution in [0.25, 0.3) is 0 Å². The molecule has 0 aliphatic rings. The molecule has 2 N–H and O–H groups in total. The Balaban J connectivity index is 1.99. The zero-order valence-electron chi connectivity index (χ0n) is 10.3. The van der Waals surface area contributed by atoms with Gasteiger partial charge >= 0.3 is 5.97 Å². The molecule has 0 bridgehead atoms. The van der Waals surface area contributed by atoms with E-state index in [0.717, 1.165) is 0 Å². The lowest BCUT2D eigenvalue weighted by Gasteiger charge is -2.05. The number of carboxylic acids is 1. The first-order chi connectivity index (χ1) is 9.65. The Hall–Kier alpha value is -2.96. The third-order valence-electron chi connectivity index (χ3n) is 2.27. The van der Waals surface area contributed by atoms with Gasteiger partial charge in [0.15, 0.2) is 6.61 Å². The molecule has 0 aliphatic heterocycles. The van der Waals surface area contributed by atoms with Crippen LogP contribution in [-0.2, 0) is 4.79 Å². The maximum atomic E-state index is 11.9. The van der Waals surface area contributed by atoms with Gasteiger partial charge in [-0.2, -0.15) is 0 Å². The molecule has 7 nitrogen and oxygen atoms in total. The summed E-state index contributed by atoms with van der Waals surface area (Å²) in [5.74, 6) is -0.836. The van der Waals surface area contributed by atoms with Crippen molar-refractivity contribution in [1.29, 1.82) is 0 Å². The highest BCUT2D eigenvalue weighted by Crippen LogP contribution is 2.13. The van der Waals surface area contributed by atoms with E-state index in [9.17, 15) is 9.59 Å². The van der Waals surface area contributed by atoms with E-state index in [0.29, 0.717) is 11.3 Å². The molecule has 0 saturated heterocycles. The van der Waals surface area contributed by atoms with E-state index in [4.69, 9.17) is 9.84 Å². The normalized spacial score (nSPS) is 9.80. The number of hydrogen-bond donors (Lipinski definition) is 2. The lowest BCUT2D eigenvalue weighted by atomic mass is 10.2. The fourth-order valence-corrected chi connectivity index (χ4v) is 1.38. The van der Waals surface area contributed by atoms with E-state index in [1.54, 1.807) is 6.07 Å². The van der Waals surface area contributed by atoms with Gasteiger partial charge in [0.2, 0.25) is 5.95 Å². The summed E-state index contributed by atoms with van der Waals surface area (Å²) in [6, 6.07) is 7.72. The zero-order valence-corrected chi connectivity index (χ0v) is 10.3. The van der Waals surface area contributed by atoms with E-state index in [2.05, 4.69) is 15.3 Å². The number of carbonyl (C=O) groups excluding carboxylic acids is 1. The number of carbonyl (C=O) groups is 2. The molecule has 2 aromatic rings. The average molecular weight is 273 g/mol. The Morgan fingerprint density at radius 1 is 1.15 bits per heavy atom. The number of hydrogen-bond acceptors (Lipinski definition) is 5. The van der Waals surface area contributed by atoms with Crippen molar-refractivity contribution in [1.82, 2.24) is 9.97 Å². The molecule has 0 fully saturated rings. The number of carboxylic acid groups (broad SMARTS) is 1. The molecule has 1 aromatic heterocycles. The standard InChI is InChI=1S/C13H11N3O4/c17-11(18)8-20-10-4-2-9(3-5-10)12(19)16-13-14-6-1-7-15-13/h1-7H,8H2,(H,17,18)(H,14,15,16,19). The Labute approximate surface area is 114 Å². The molecule has 2 rings (SSSR count). The summed E-state index contributed by atoms with van der Waals surface area (Å²) < 4.78 is 4.96. The van der Waals surface area contributed by atoms with Gasteiger partial charge in [0.1, 0.15) is 5.75 Å². The van der Waals surface area contributed by atoms with Crippen LogP contribution in [0.2, 0.25) is 0 Å². The molecule has 102 valence electrons. The number of benzene rings is 1. The predicted octanol–water partition coefficient (Wildman–Crippen LogP) is 1.19. The largest absolute Gasteiger partial charge is 0.482 e. The molecule has 1 amide bonds. The Morgan fingerprint density at radius 3 is 2.40 bits per heavy atom. The SMILES string of the molecule is O=C(O)COc1ccc(C(=O)Nc2ncccn2)cc1. The van der Waals surface area contributed by atoms with Crippen LogP contribution in [0, 0.1) is 0 Å². The number of nitrogens with one attached hydrogen (secondary N) is 1. The number of rotatable bonds is 5. The molecule has 0 radical (unpaired) electrons. The molecular formula is C13H11N3O4. The second-order valence-electron chi connectivity index (χ2n) is 3.73. The van der Waals surface area contributed by atoms with Crippen molar-refractivity contribution in [3.05, 3.63) is 48.3 Å². The lowest BCUT2D eigenvalue weighted by Crippen LogP contribution is -2.14. The van der Waals surface area contributed by atoms with E-state index >= 15 is 0 Å². The number of aliphatic carboxylic acids is 1. The van der Waals surface area contributed by atoms with Gasteiger partial charge in [0.25, 0.3) is 5.91 Å². The van der Waals surface area contributed by atoms with Gasteiger partial charge < -0.3 is 9.84 Å². The molecule has 1 aromatic carbocycles. The van der Waals surface area contributed by atoms with Gasteiger partial charge in [0, 0.05) is 18.0 Å². The Bertz CT molecular complexity index is 599. The van der Waals surface area contributed by atoms with Gasteiger partial charge in [-0.3, -0.25) is 10.1 Å². The second kappa shape index (κ2) is 6.28. The minimum atomic E-state index is -1.06. The number of anilines is 1. The van der Waals surface area contributed by atoms with Crippen molar-refractivity contribution in [3.8, 4) is 5.75 Å². The summed E-state index contributed by atoms with van der Waals surface area (Å²) >= 11 is 0. The van der Waals surface area contributed by atoms with Crippen molar-refractivity contribution < 1.29 is 19.4 Å². The maximum absolute atomic E-state index is 11.9. The number of ether oxygens (including phenoxy) is 1. The summed E-state index contributed by atoms with van der Waals surface area (Å²) in [7, 11) is 0. The first kappa shape index (κ1) is 13.5. The highest BCUT2D eigenvalue weighted by atomic mass is 16.5. The number of nitrogens with zero attached hydrogens (tertiary/aromatic N) is 2. The van der Waals surface area contributed by atoms with Crippen molar-refractivity contribution >= 4 is 17.8 Å².